The monoisotopic (exact) mass is 322 g/mol. The van der Waals surface area contributed by atoms with Gasteiger partial charge in [-0.3, -0.25) is 14.4 Å². The highest BCUT2D eigenvalue weighted by atomic mass is 16.2. The lowest BCUT2D eigenvalue weighted by Crippen LogP contribution is -2.41. The molecule has 0 aliphatic carbocycles. The van der Waals surface area contributed by atoms with Gasteiger partial charge in [-0.1, -0.05) is 36.4 Å². The van der Waals surface area contributed by atoms with Crippen molar-refractivity contribution in [3.8, 4) is 0 Å². The van der Waals surface area contributed by atoms with Crippen LogP contribution in [0, 0.1) is 5.92 Å². The molecule has 3 rings (SSSR count). The fourth-order valence-corrected chi connectivity index (χ4v) is 2.32. The van der Waals surface area contributed by atoms with Crippen LogP contribution in [0.3, 0.4) is 0 Å². The first-order valence-corrected chi connectivity index (χ1v) is 7.21. The van der Waals surface area contributed by atoms with E-state index in [4.69, 9.17) is 5.73 Å². The molecule has 1 heterocycles. The van der Waals surface area contributed by atoms with Crippen LogP contribution in [-0.4, -0.2) is 23.4 Å². The summed E-state index contributed by atoms with van der Waals surface area (Å²) in [4.78, 5) is 36.9. The Bertz CT molecular complexity index is 818. The normalized spacial score (nSPS) is 16.7. The van der Waals surface area contributed by atoms with Crippen LogP contribution >= 0.6 is 0 Å². The first kappa shape index (κ1) is 15.4. The first-order chi connectivity index (χ1) is 11.6. The lowest BCUT2D eigenvalue weighted by atomic mass is 10.0. The van der Waals surface area contributed by atoms with Gasteiger partial charge in [0.15, 0.2) is 5.92 Å². The Morgan fingerprint density at radius 2 is 1.58 bits per heavy atom. The smallest absolute Gasteiger partial charge is 0.293 e. The number of hydrogen-bond acceptors (Lipinski definition) is 5. The largest absolute Gasteiger partial charge is 0.385 e. The third-order valence-electron chi connectivity index (χ3n) is 3.49. The molecule has 1 aliphatic heterocycles. The molecular weight excluding hydrogens is 308 g/mol. The molecular formula is C17H14N4O3. The van der Waals surface area contributed by atoms with Gasteiger partial charge in [-0.15, -0.1) is 0 Å². The molecule has 24 heavy (non-hydrogen) atoms. The number of nitrogens with zero attached hydrogens (tertiary/aromatic N) is 2. The van der Waals surface area contributed by atoms with Crippen molar-refractivity contribution in [1.82, 2.24) is 0 Å². The van der Waals surface area contributed by atoms with Gasteiger partial charge in [0.25, 0.3) is 11.8 Å². The highest BCUT2D eigenvalue weighted by molar-refractivity contribution is 6.50. The van der Waals surface area contributed by atoms with Crippen molar-refractivity contribution >= 4 is 34.8 Å². The minimum absolute atomic E-state index is 0.197. The zero-order valence-electron chi connectivity index (χ0n) is 12.5. The molecule has 0 aromatic heterocycles. The van der Waals surface area contributed by atoms with Crippen molar-refractivity contribution in [2.75, 3.05) is 10.3 Å². The van der Waals surface area contributed by atoms with Crippen LogP contribution in [0.5, 0.6) is 0 Å². The van der Waals surface area contributed by atoms with Gasteiger partial charge in [0.05, 0.1) is 5.69 Å². The Kier molecular flexibility index (Phi) is 4.07. The number of benzene rings is 2. The van der Waals surface area contributed by atoms with Crippen molar-refractivity contribution in [2.24, 2.45) is 16.8 Å². The maximum atomic E-state index is 12.4. The number of nitrogens with one attached hydrogen (secondary N) is 1. The number of hydrazone groups is 1. The highest BCUT2D eigenvalue weighted by Crippen LogP contribution is 2.23. The maximum Gasteiger partial charge on any atom is 0.293 e. The second-order valence-electron chi connectivity index (χ2n) is 5.13. The van der Waals surface area contributed by atoms with Crippen molar-refractivity contribution < 1.29 is 14.4 Å². The molecule has 3 N–H and O–H groups in total. The van der Waals surface area contributed by atoms with Crippen LogP contribution in [0.15, 0.2) is 65.8 Å². The predicted octanol–water partition coefficient (Wildman–Crippen LogP) is 1.13. The predicted molar refractivity (Wildman–Crippen MR) is 89.1 cm³/mol. The molecule has 0 fully saturated rings. The Balaban J connectivity index is 1.77. The summed E-state index contributed by atoms with van der Waals surface area (Å²) >= 11 is 0. The number of ketones is 1. The summed E-state index contributed by atoms with van der Waals surface area (Å²) in [5.74, 6) is -4.10. The molecule has 0 radical (unpaired) electrons. The van der Waals surface area contributed by atoms with Crippen molar-refractivity contribution in [3.63, 3.8) is 0 Å². The molecule has 0 saturated carbocycles. The van der Waals surface area contributed by atoms with E-state index in [-0.39, 0.29) is 5.84 Å². The lowest BCUT2D eigenvalue weighted by molar-refractivity contribution is -0.138. The van der Waals surface area contributed by atoms with Gasteiger partial charge in [-0.05, 0) is 24.3 Å². The van der Waals surface area contributed by atoms with E-state index >= 15 is 0 Å². The van der Waals surface area contributed by atoms with Crippen LogP contribution in [0.2, 0.25) is 0 Å². The quantitative estimate of drug-likeness (QED) is 0.650. The molecule has 1 aliphatic rings. The standard InChI is InChI=1S/C17H14N4O3/c18-15-13(14(22)16(23)19-11-7-3-1-4-8-11)17(24)21(20-15)12-9-5-2-6-10-12/h1-10,13H,(H2,18,20)(H,19,23)/t13-/m0/s1. The maximum absolute atomic E-state index is 12.4. The molecule has 120 valence electrons. The van der Waals surface area contributed by atoms with Gasteiger partial charge in [0.1, 0.15) is 5.84 Å². The Morgan fingerprint density at radius 3 is 2.21 bits per heavy atom. The molecule has 2 aromatic rings. The first-order valence-electron chi connectivity index (χ1n) is 7.21. The highest BCUT2D eigenvalue weighted by Gasteiger charge is 2.43. The van der Waals surface area contributed by atoms with E-state index < -0.39 is 23.5 Å². The van der Waals surface area contributed by atoms with E-state index in [1.807, 2.05) is 0 Å². The van der Waals surface area contributed by atoms with E-state index in [0.29, 0.717) is 11.4 Å². The molecule has 0 spiro atoms. The summed E-state index contributed by atoms with van der Waals surface area (Å²) in [5.41, 5.74) is 6.65. The van der Waals surface area contributed by atoms with E-state index in [0.717, 1.165) is 5.01 Å². The molecule has 1 atom stereocenters. The molecule has 0 saturated heterocycles. The van der Waals surface area contributed by atoms with Crippen molar-refractivity contribution in [2.45, 2.75) is 0 Å². The van der Waals surface area contributed by atoms with Gasteiger partial charge in [0, 0.05) is 5.69 Å². The zero-order valence-corrected chi connectivity index (χ0v) is 12.5. The van der Waals surface area contributed by atoms with Gasteiger partial charge in [-0.2, -0.15) is 10.1 Å². The Labute approximate surface area is 137 Å². The second-order valence-corrected chi connectivity index (χ2v) is 5.13. The fourth-order valence-electron chi connectivity index (χ4n) is 2.32. The average Bonchev–Trinajstić information content (AvgIpc) is 2.90. The number of rotatable bonds is 4. The summed E-state index contributed by atoms with van der Waals surface area (Å²) in [6.07, 6.45) is 0. The van der Waals surface area contributed by atoms with Crippen LogP contribution in [-0.2, 0) is 14.4 Å². The number of carbonyl (C=O) groups is 3. The number of Topliss-reactive ketones (excluding diaryl/α,β-unsaturated/α-hetero) is 1. The number of carbonyl (C=O) groups excluding carboxylic acids is 3. The number of para-hydroxylation sites is 2. The average molecular weight is 322 g/mol. The SMILES string of the molecule is NC1=NN(c2ccccc2)C(=O)[C@H]1C(=O)C(=O)Nc1ccccc1. The van der Waals surface area contributed by atoms with E-state index in [1.54, 1.807) is 60.7 Å². The number of amidine groups is 1. The van der Waals surface area contributed by atoms with Crippen molar-refractivity contribution in [3.05, 3.63) is 60.7 Å². The van der Waals surface area contributed by atoms with Crippen LogP contribution in [0.25, 0.3) is 0 Å². The topological polar surface area (TPSA) is 105 Å². The Morgan fingerprint density at radius 1 is 1.00 bits per heavy atom. The van der Waals surface area contributed by atoms with Gasteiger partial charge in [-0.25, -0.2) is 0 Å². The number of nitrogens with two attached hydrogens (primary N) is 1. The molecule has 2 amide bonds. The van der Waals surface area contributed by atoms with E-state index in [9.17, 15) is 14.4 Å². The molecule has 0 unspecified atom stereocenters. The molecule has 7 nitrogen and oxygen atoms in total. The summed E-state index contributed by atoms with van der Waals surface area (Å²) in [6.45, 7) is 0. The fraction of sp³-hybridized carbons (Fsp3) is 0.0588. The van der Waals surface area contributed by atoms with Crippen LogP contribution < -0.4 is 16.1 Å². The second kappa shape index (κ2) is 6.33. The van der Waals surface area contributed by atoms with Gasteiger partial charge < -0.3 is 11.1 Å². The minimum atomic E-state index is -1.41. The summed E-state index contributed by atoms with van der Waals surface area (Å²) in [7, 11) is 0. The van der Waals surface area contributed by atoms with E-state index in [1.165, 1.54) is 0 Å². The number of hydrogen-bond donors (Lipinski definition) is 2. The molecule has 0 bridgehead atoms. The third kappa shape index (κ3) is 2.87. The third-order valence-corrected chi connectivity index (χ3v) is 3.49. The summed E-state index contributed by atoms with van der Waals surface area (Å²) in [6, 6.07) is 17.0. The van der Waals surface area contributed by atoms with Gasteiger partial charge in [0.2, 0.25) is 5.78 Å². The van der Waals surface area contributed by atoms with Crippen LogP contribution in [0.1, 0.15) is 0 Å². The zero-order chi connectivity index (χ0) is 17.1. The summed E-state index contributed by atoms with van der Waals surface area (Å²) in [5, 5.41) is 7.39. The Hall–Kier alpha value is -3.48. The number of anilines is 2. The lowest BCUT2D eigenvalue weighted by Gasteiger charge is -2.13. The number of amides is 2. The summed E-state index contributed by atoms with van der Waals surface area (Å²) < 4.78 is 0. The van der Waals surface area contributed by atoms with E-state index in [2.05, 4.69) is 10.4 Å². The van der Waals surface area contributed by atoms with Crippen molar-refractivity contribution in [1.29, 1.82) is 0 Å². The minimum Gasteiger partial charge on any atom is -0.385 e. The van der Waals surface area contributed by atoms with Crippen LogP contribution in [0.4, 0.5) is 11.4 Å². The molecule has 7 heteroatoms. The van der Waals surface area contributed by atoms with Gasteiger partial charge >= 0.3 is 0 Å². The molecule has 2 aromatic carbocycles.